The number of unbranched alkanes of at least 4 members (excludes halogenated alkanes) is 1. The van der Waals surface area contributed by atoms with E-state index in [2.05, 4.69) is 32.2 Å². The summed E-state index contributed by atoms with van der Waals surface area (Å²) < 4.78 is 45.4. The monoisotopic (exact) mass is 831 g/mol. The summed E-state index contributed by atoms with van der Waals surface area (Å²) in [5, 5.41) is 16.0. The van der Waals surface area contributed by atoms with Gasteiger partial charge in [0.2, 0.25) is 23.3 Å². The Bertz CT molecular complexity index is 2020. The van der Waals surface area contributed by atoms with Crippen LogP contribution >= 0.6 is 30.9 Å². The van der Waals surface area contributed by atoms with Gasteiger partial charge in [-0.25, -0.2) is 22.7 Å². The molecule has 3 aromatic carbocycles. The summed E-state index contributed by atoms with van der Waals surface area (Å²) in [7, 11) is -7.82. The zero-order chi connectivity index (χ0) is 39.2. The van der Waals surface area contributed by atoms with Crippen molar-refractivity contribution in [2.45, 2.75) is 92.4 Å². The number of likely N-dealkylation sites (tertiary alicyclic amines) is 1. The summed E-state index contributed by atoms with van der Waals surface area (Å²) in [4.78, 5) is 50.3. The third kappa shape index (κ3) is 10.7. The molecule has 17 heteroatoms. The fourth-order valence-electron chi connectivity index (χ4n) is 7.61. The normalized spacial score (nSPS) is 21.8. The number of nitrogens with one attached hydrogen (secondary N) is 4. The minimum Gasteiger partial charge on any atom is -0.480 e. The van der Waals surface area contributed by atoms with Gasteiger partial charge in [0, 0.05) is 35.8 Å². The second-order valence-corrected chi connectivity index (χ2v) is 19.9. The van der Waals surface area contributed by atoms with E-state index >= 15 is 0 Å². The number of benzene rings is 3. The second kappa shape index (κ2) is 18.2. The predicted octanol–water partition coefficient (Wildman–Crippen LogP) is 5.82. The Labute approximate surface area is 331 Å². The van der Waals surface area contributed by atoms with Gasteiger partial charge in [-0.2, -0.15) is 0 Å². The van der Waals surface area contributed by atoms with E-state index in [1.165, 1.54) is 22.4 Å². The van der Waals surface area contributed by atoms with Crippen LogP contribution in [0.25, 0.3) is 0 Å². The number of aliphatic carboxylic acids is 1. The van der Waals surface area contributed by atoms with Gasteiger partial charge < -0.3 is 25.5 Å². The number of carbonyl (C=O) groups is 3. The molecule has 1 aliphatic carbocycles. The molecule has 0 spiro atoms. The molecule has 0 aromatic heterocycles. The second-order valence-electron chi connectivity index (χ2n) is 14.4. The zero-order valence-electron chi connectivity index (χ0n) is 30.3. The molecule has 0 bridgehead atoms. The van der Waals surface area contributed by atoms with E-state index in [4.69, 9.17) is 11.6 Å². The van der Waals surface area contributed by atoms with E-state index in [-0.39, 0.29) is 53.2 Å². The van der Waals surface area contributed by atoms with Crippen molar-refractivity contribution in [3.8, 4) is 0 Å². The molecule has 5 atom stereocenters. The van der Waals surface area contributed by atoms with Crippen LogP contribution in [0.4, 0.5) is 5.69 Å². The largest absolute Gasteiger partial charge is 0.480 e. The van der Waals surface area contributed by atoms with Crippen LogP contribution in [0.3, 0.4) is 0 Å². The van der Waals surface area contributed by atoms with Crippen LogP contribution in [0.1, 0.15) is 72.9 Å². The Balaban J connectivity index is 0.921. The zero-order valence-corrected chi connectivity index (χ0v) is 33.6. The third-order valence-corrected chi connectivity index (χ3v) is 15.1. The highest BCUT2D eigenvalue weighted by atomic mass is 35.5. The van der Waals surface area contributed by atoms with Crippen molar-refractivity contribution in [2.75, 3.05) is 24.2 Å². The van der Waals surface area contributed by atoms with Gasteiger partial charge in [-0.3, -0.25) is 14.2 Å². The molecule has 55 heavy (non-hydrogen) atoms. The highest BCUT2D eigenvalue weighted by Gasteiger charge is 2.48. The lowest BCUT2D eigenvalue weighted by Gasteiger charge is -2.33. The number of hydrogen-bond acceptors (Lipinski definition) is 9. The van der Waals surface area contributed by atoms with E-state index in [0.717, 1.165) is 44.2 Å². The van der Waals surface area contributed by atoms with Gasteiger partial charge >= 0.3 is 5.97 Å². The van der Waals surface area contributed by atoms with Gasteiger partial charge in [0.15, 0.2) is 0 Å². The summed E-state index contributed by atoms with van der Waals surface area (Å²) in [6.07, 6.45) is 5.57. The minimum absolute atomic E-state index is 0.0175. The van der Waals surface area contributed by atoms with Crippen LogP contribution in [0.5, 0.6) is 0 Å². The molecule has 1 saturated carbocycles. The number of hydrogen-bond donors (Lipinski definition) is 6. The Kier molecular flexibility index (Phi) is 13.7. The van der Waals surface area contributed by atoms with Gasteiger partial charge in [-0.05, 0) is 98.2 Å². The van der Waals surface area contributed by atoms with Gasteiger partial charge in [0.05, 0.1) is 16.9 Å². The van der Waals surface area contributed by atoms with Crippen molar-refractivity contribution < 1.29 is 37.4 Å². The lowest BCUT2D eigenvalue weighted by molar-refractivity contribution is -0.148. The molecule has 296 valence electrons. The molecule has 3 aromatic rings. The summed E-state index contributed by atoms with van der Waals surface area (Å²) in [5.41, 5.74) is 2.98. The van der Waals surface area contributed by atoms with Crippen molar-refractivity contribution in [1.29, 1.82) is 0 Å². The van der Waals surface area contributed by atoms with Crippen molar-refractivity contribution in [3.63, 3.8) is 0 Å². The van der Waals surface area contributed by atoms with E-state index in [0.29, 0.717) is 35.3 Å². The first-order chi connectivity index (χ1) is 26.3. The maximum atomic E-state index is 13.3. The topological polar surface area (TPSA) is 194 Å². The molecule has 6 rings (SSSR count). The summed E-state index contributed by atoms with van der Waals surface area (Å²) in [5.74, 6) is -1.88. The summed E-state index contributed by atoms with van der Waals surface area (Å²) in [6.45, 7) is 0.215. The lowest BCUT2D eigenvalue weighted by Crippen LogP contribution is -2.47. The van der Waals surface area contributed by atoms with Crippen LogP contribution in [0.15, 0.2) is 76.5 Å². The third-order valence-electron chi connectivity index (χ3n) is 10.5. The van der Waals surface area contributed by atoms with Crippen LogP contribution in [-0.2, 0) is 37.1 Å². The number of carboxylic acid groups (broad SMARTS) is 1. The number of rotatable bonds is 16. The number of amides is 2. The van der Waals surface area contributed by atoms with E-state index in [1.807, 2.05) is 18.2 Å². The SMILES string of the molecule is O=C(NCCCCP(=O)(O)CC(=O)N1[C@@H]2CCCC[C@@H]2C[C@H]1C(=O)O)c1ccc(CNS(=O)(=O)c2cc3c(cc2Cl)NC(CCc2ccccc2)NS3)cc1. The highest BCUT2D eigenvalue weighted by Crippen LogP contribution is 2.45. The number of carbonyl (C=O) groups excluding carboxylic acids is 2. The molecule has 2 aliphatic heterocycles. The molecule has 0 radical (unpaired) electrons. The Morgan fingerprint density at radius 3 is 2.49 bits per heavy atom. The average Bonchev–Trinajstić information content (AvgIpc) is 3.57. The molecule has 13 nitrogen and oxygen atoms in total. The number of carboxylic acids is 1. The number of sulfonamides is 1. The smallest absolute Gasteiger partial charge is 0.326 e. The number of anilines is 1. The molecule has 3 aliphatic rings. The summed E-state index contributed by atoms with van der Waals surface area (Å²) >= 11 is 7.83. The molecule has 1 saturated heterocycles. The van der Waals surface area contributed by atoms with Crippen LogP contribution in [0, 0.1) is 5.92 Å². The fourth-order valence-corrected chi connectivity index (χ4v) is 11.6. The van der Waals surface area contributed by atoms with Crippen LogP contribution in [-0.4, -0.2) is 78.2 Å². The number of halogens is 1. The molecule has 2 amide bonds. The number of fused-ring (bicyclic) bond motifs is 2. The standard InChI is InChI=1S/C38H47ClN5O8PS2/c39-29-21-30-33(54-43-35(42-30)17-14-25-8-2-1-3-9-25)22-34(29)55(51,52)41-23-26-12-15-27(16-13-26)37(46)40-18-6-7-19-53(49,50)24-36(45)44-31-11-5-4-10-28(31)20-32(44)38(47)48/h1-3,8-9,12-13,15-16,21-22,28,31-32,35,41-43H,4-7,10-11,14,17-20,23-24H2,(H,40,46)(H,47,48)(H,49,50)/t28-,31-,32+,35?/m1/s1. The molecule has 6 N–H and O–H groups in total. The van der Waals surface area contributed by atoms with E-state index in [9.17, 15) is 37.4 Å². The first-order valence-corrected chi connectivity index (χ1v) is 23.3. The quantitative estimate of drug-likeness (QED) is 0.0579. The highest BCUT2D eigenvalue weighted by molar-refractivity contribution is 7.97. The molecule has 2 unspecified atom stereocenters. The first-order valence-electron chi connectivity index (χ1n) is 18.6. The van der Waals surface area contributed by atoms with E-state index < -0.39 is 41.5 Å². The number of aryl methyl sites for hydroxylation is 1. The number of nitrogens with zero attached hydrogens (tertiary/aromatic N) is 1. The van der Waals surface area contributed by atoms with Crippen molar-refractivity contribution in [3.05, 3.63) is 88.4 Å². The van der Waals surface area contributed by atoms with Gasteiger partial charge in [-0.1, -0.05) is 66.9 Å². The van der Waals surface area contributed by atoms with Crippen LogP contribution in [0.2, 0.25) is 5.02 Å². The van der Waals surface area contributed by atoms with Gasteiger partial charge in [0.25, 0.3) is 5.91 Å². The lowest BCUT2D eigenvalue weighted by atomic mass is 9.85. The Morgan fingerprint density at radius 1 is 1.00 bits per heavy atom. The Hall–Kier alpha value is -3.43. The van der Waals surface area contributed by atoms with E-state index in [1.54, 1.807) is 36.4 Å². The van der Waals surface area contributed by atoms with Crippen molar-refractivity contribution in [2.24, 2.45) is 5.92 Å². The molecular weight excluding hydrogens is 785 g/mol. The predicted molar refractivity (Wildman–Crippen MR) is 213 cm³/mol. The maximum Gasteiger partial charge on any atom is 0.326 e. The molecule has 2 heterocycles. The molecule has 2 fully saturated rings. The van der Waals surface area contributed by atoms with Crippen LogP contribution < -0.4 is 20.1 Å². The van der Waals surface area contributed by atoms with Gasteiger partial charge in [-0.15, -0.1) is 0 Å². The summed E-state index contributed by atoms with van der Waals surface area (Å²) in [6, 6.07) is 18.7. The average molecular weight is 832 g/mol. The minimum atomic E-state index is -3.97. The maximum absolute atomic E-state index is 13.3. The fraction of sp³-hybridized carbons (Fsp3) is 0.447. The molecular formula is C38H47ClN5O8PS2. The first kappa shape index (κ1) is 41.2. The van der Waals surface area contributed by atoms with Gasteiger partial charge in [0.1, 0.15) is 17.1 Å². The Morgan fingerprint density at radius 2 is 1.75 bits per heavy atom. The van der Waals surface area contributed by atoms with Crippen molar-refractivity contribution in [1.82, 2.24) is 19.7 Å². The van der Waals surface area contributed by atoms with Crippen molar-refractivity contribution >= 4 is 64.4 Å².